The maximum Gasteiger partial charge on any atom is 0.159 e. The van der Waals surface area contributed by atoms with Gasteiger partial charge in [0.05, 0.1) is 0 Å². The second-order valence-electron chi connectivity index (χ2n) is 5.42. The summed E-state index contributed by atoms with van der Waals surface area (Å²) in [6, 6.07) is 18.4. The molecule has 0 spiro atoms. The molecule has 2 rings (SSSR count). The third kappa shape index (κ3) is 4.71. The molecule has 0 radical (unpaired) electrons. The van der Waals surface area contributed by atoms with Crippen molar-refractivity contribution in [2.45, 2.75) is 32.6 Å². The predicted octanol–water partition coefficient (Wildman–Crippen LogP) is 5.18. The van der Waals surface area contributed by atoms with E-state index in [0.717, 1.165) is 18.4 Å². The minimum absolute atomic E-state index is 0.118. The van der Waals surface area contributed by atoms with Crippen molar-refractivity contribution in [3.8, 4) is 0 Å². The Balaban J connectivity index is 1.87. The van der Waals surface area contributed by atoms with Crippen LogP contribution < -0.4 is 0 Å². The second-order valence-corrected chi connectivity index (χ2v) is 5.42. The first-order chi connectivity index (χ1) is 10.2. The third-order valence-electron chi connectivity index (χ3n) is 3.71. The zero-order valence-electron chi connectivity index (χ0n) is 12.8. The average Bonchev–Trinajstić information content (AvgIpc) is 2.52. The number of hydrogen-bond donors (Lipinski definition) is 0. The summed E-state index contributed by atoms with van der Waals surface area (Å²) in [5.74, 6) is 0.495. The van der Waals surface area contributed by atoms with Crippen LogP contribution in [0.15, 0.2) is 66.7 Å². The normalized spacial score (nSPS) is 12.5. The molecule has 0 aromatic heterocycles. The lowest BCUT2D eigenvalue weighted by molar-refractivity contribution is 0.101. The van der Waals surface area contributed by atoms with Crippen LogP contribution in [-0.4, -0.2) is 5.78 Å². The quantitative estimate of drug-likeness (QED) is 0.525. The van der Waals surface area contributed by atoms with E-state index in [9.17, 15) is 4.79 Å². The minimum atomic E-state index is 0.118. The van der Waals surface area contributed by atoms with Gasteiger partial charge in [0.25, 0.3) is 0 Å². The third-order valence-corrected chi connectivity index (χ3v) is 3.71. The van der Waals surface area contributed by atoms with Gasteiger partial charge in [-0.05, 0) is 36.8 Å². The van der Waals surface area contributed by atoms with Gasteiger partial charge in [0, 0.05) is 5.56 Å². The number of benzene rings is 2. The molecule has 0 aliphatic rings. The van der Waals surface area contributed by atoms with Crippen LogP contribution in [-0.2, 0) is 6.42 Å². The molecular formula is C20H22O. The number of rotatable bonds is 6. The molecule has 0 amide bonds. The van der Waals surface area contributed by atoms with Crippen molar-refractivity contribution in [2.75, 3.05) is 0 Å². The predicted molar refractivity (Wildman–Crippen MR) is 88.8 cm³/mol. The number of carbonyl (C=O) groups excluding carboxylic acids is 1. The fourth-order valence-corrected chi connectivity index (χ4v) is 2.33. The zero-order valence-corrected chi connectivity index (χ0v) is 12.8. The molecule has 0 N–H and O–H groups in total. The van der Waals surface area contributed by atoms with Crippen molar-refractivity contribution < 1.29 is 4.79 Å². The molecular weight excluding hydrogens is 256 g/mol. The summed E-state index contributed by atoms with van der Waals surface area (Å²) >= 11 is 0. The monoisotopic (exact) mass is 278 g/mol. The number of hydrogen-bond acceptors (Lipinski definition) is 1. The summed E-state index contributed by atoms with van der Waals surface area (Å²) in [6.45, 7) is 3.78. The fourth-order valence-electron chi connectivity index (χ4n) is 2.33. The van der Waals surface area contributed by atoms with Gasteiger partial charge in [-0.2, -0.15) is 0 Å². The van der Waals surface area contributed by atoms with E-state index in [2.05, 4.69) is 43.3 Å². The molecule has 1 unspecified atom stereocenters. The van der Waals surface area contributed by atoms with Gasteiger partial charge in [-0.25, -0.2) is 0 Å². The molecule has 0 aliphatic heterocycles. The standard InChI is InChI=1S/C20H22O/c1-16(19-12-14-20(15-13-19)17(2)21)8-6-7-11-18-9-4-3-5-10-18/h3-6,8-10,12-16H,7,11H2,1-2H3/b8-6+. The van der Waals surface area contributed by atoms with E-state index in [1.807, 2.05) is 30.3 Å². The second kappa shape index (κ2) is 7.58. The van der Waals surface area contributed by atoms with Crippen LogP contribution in [0.3, 0.4) is 0 Å². The van der Waals surface area contributed by atoms with E-state index < -0.39 is 0 Å². The summed E-state index contributed by atoms with van der Waals surface area (Å²) in [5.41, 5.74) is 3.40. The summed E-state index contributed by atoms with van der Waals surface area (Å²) in [4.78, 5) is 11.3. The van der Waals surface area contributed by atoms with Crippen LogP contribution in [0.4, 0.5) is 0 Å². The number of allylic oxidation sites excluding steroid dienone is 2. The topological polar surface area (TPSA) is 17.1 Å². The van der Waals surface area contributed by atoms with E-state index in [1.54, 1.807) is 6.92 Å². The molecule has 0 aliphatic carbocycles. The van der Waals surface area contributed by atoms with Crippen molar-refractivity contribution in [2.24, 2.45) is 0 Å². The van der Waals surface area contributed by atoms with Crippen molar-refractivity contribution >= 4 is 5.78 Å². The summed E-state index contributed by atoms with van der Waals surface area (Å²) in [7, 11) is 0. The highest BCUT2D eigenvalue weighted by Gasteiger charge is 2.03. The fraction of sp³-hybridized carbons (Fsp3) is 0.250. The number of aryl methyl sites for hydroxylation is 1. The molecule has 0 fully saturated rings. The molecule has 1 heteroatoms. The number of Topliss-reactive ketones (excluding diaryl/α,β-unsaturated/α-hetero) is 1. The highest BCUT2D eigenvalue weighted by atomic mass is 16.1. The van der Waals surface area contributed by atoms with Crippen LogP contribution in [0.25, 0.3) is 0 Å². The average molecular weight is 278 g/mol. The summed E-state index contributed by atoms with van der Waals surface area (Å²) in [5, 5.41) is 0. The smallest absolute Gasteiger partial charge is 0.159 e. The minimum Gasteiger partial charge on any atom is -0.295 e. The molecule has 1 nitrogen and oxygen atoms in total. The maximum absolute atomic E-state index is 11.3. The van der Waals surface area contributed by atoms with Gasteiger partial charge < -0.3 is 0 Å². The van der Waals surface area contributed by atoms with Gasteiger partial charge in [-0.1, -0.05) is 73.7 Å². The van der Waals surface area contributed by atoms with Gasteiger partial charge in [0.1, 0.15) is 0 Å². The Morgan fingerprint density at radius 3 is 2.33 bits per heavy atom. The number of ketones is 1. The lowest BCUT2D eigenvalue weighted by atomic mass is 9.98. The largest absolute Gasteiger partial charge is 0.295 e. The maximum atomic E-state index is 11.3. The van der Waals surface area contributed by atoms with Crippen molar-refractivity contribution in [3.05, 3.63) is 83.4 Å². The van der Waals surface area contributed by atoms with Gasteiger partial charge in [-0.15, -0.1) is 0 Å². The van der Waals surface area contributed by atoms with Gasteiger partial charge in [0.15, 0.2) is 5.78 Å². The Morgan fingerprint density at radius 2 is 1.71 bits per heavy atom. The molecule has 1 atom stereocenters. The highest BCUT2D eigenvalue weighted by molar-refractivity contribution is 5.94. The van der Waals surface area contributed by atoms with Crippen molar-refractivity contribution in [1.82, 2.24) is 0 Å². The van der Waals surface area contributed by atoms with Crippen molar-refractivity contribution in [3.63, 3.8) is 0 Å². The molecule has 0 heterocycles. The van der Waals surface area contributed by atoms with Crippen LogP contribution in [0.1, 0.15) is 47.7 Å². The lowest BCUT2D eigenvalue weighted by Gasteiger charge is -2.07. The summed E-state index contributed by atoms with van der Waals surface area (Å²) in [6.07, 6.45) is 6.62. The van der Waals surface area contributed by atoms with Crippen LogP contribution in [0.5, 0.6) is 0 Å². The molecule has 0 saturated heterocycles. The van der Waals surface area contributed by atoms with E-state index in [0.29, 0.717) is 5.92 Å². The van der Waals surface area contributed by atoms with Crippen LogP contribution in [0.2, 0.25) is 0 Å². The first kappa shape index (κ1) is 15.2. The van der Waals surface area contributed by atoms with E-state index in [1.165, 1.54) is 11.1 Å². The van der Waals surface area contributed by atoms with E-state index >= 15 is 0 Å². The first-order valence-corrected chi connectivity index (χ1v) is 7.48. The van der Waals surface area contributed by atoms with Gasteiger partial charge in [-0.3, -0.25) is 4.79 Å². The van der Waals surface area contributed by atoms with E-state index in [4.69, 9.17) is 0 Å². The van der Waals surface area contributed by atoms with Gasteiger partial charge in [0.2, 0.25) is 0 Å². The Labute approximate surface area is 127 Å². The van der Waals surface area contributed by atoms with Crippen molar-refractivity contribution in [1.29, 1.82) is 0 Å². The lowest BCUT2D eigenvalue weighted by Crippen LogP contribution is -1.94. The molecule has 0 bridgehead atoms. The zero-order chi connectivity index (χ0) is 15.1. The van der Waals surface area contributed by atoms with E-state index in [-0.39, 0.29) is 5.78 Å². The number of carbonyl (C=O) groups is 1. The van der Waals surface area contributed by atoms with Crippen LogP contribution >= 0.6 is 0 Å². The molecule has 2 aromatic rings. The SMILES string of the molecule is CC(=O)c1ccc(C(C)/C=C/CCc2ccccc2)cc1. The Hall–Kier alpha value is -2.15. The first-order valence-electron chi connectivity index (χ1n) is 7.48. The molecule has 108 valence electrons. The van der Waals surface area contributed by atoms with Crippen LogP contribution in [0, 0.1) is 0 Å². The molecule has 0 saturated carbocycles. The highest BCUT2D eigenvalue weighted by Crippen LogP contribution is 2.18. The molecule has 21 heavy (non-hydrogen) atoms. The Kier molecular flexibility index (Phi) is 5.51. The molecule has 2 aromatic carbocycles. The Bertz CT molecular complexity index is 593. The summed E-state index contributed by atoms with van der Waals surface area (Å²) < 4.78 is 0. The van der Waals surface area contributed by atoms with Gasteiger partial charge >= 0.3 is 0 Å². The Morgan fingerprint density at radius 1 is 1.05 bits per heavy atom.